The summed E-state index contributed by atoms with van der Waals surface area (Å²) in [6, 6.07) is 10.1. The first-order valence-corrected chi connectivity index (χ1v) is 6.47. The lowest BCUT2D eigenvalue weighted by Crippen LogP contribution is -2.15. The van der Waals surface area contributed by atoms with Gasteiger partial charge in [-0.05, 0) is 43.5 Å². The average molecular weight is 257 g/mol. The van der Waals surface area contributed by atoms with Crippen LogP contribution < -0.4 is 10.5 Å². The highest BCUT2D eigenvalue weighted by Gasteiger charge is 2.00. The number of nitrogens with two attached hydrogens (primary N) is 1. The lowest BCUT2D eigenvalue weighted by molar-refractivity contribution is 0.295. The van der Waals surface area contributed by atoms with Crippen molar-refractivity contribution in [1.29, 1.82) is 0 Å². The van der Waals surface area contributed by atoms with E-state index < -0.39 is 0 Å². The number of rotatable bonds is 6. The topological polar surface area (TPSA) is 61.0 Å². The van der Waals surface area contributed by atoms with Crippen LogP contribution in [0.1, 0.15) is 24.7 Å². The van der Waals surface area contributed by atoms with Crippen LogP contribution in [0.25, 0.3) is 0 Å². The number of hydrogen-bond acceptors (Lipinski definition) is 4. The molecule has 1 heterocycles. The minimum absolute atomic E-state index is 0.242. The van der Waals surface area contributed by atoms with Crippen molar-refractivity contribution < 1.29 is 4.74 Å². The summed E-state index contributed by atoms with van der Waals surface area (Å²) >= 11 is 0. The van der Waals surface area contributed by atoms with Gasteiger partial charge >= 0.3 is 0 Å². The van der Waals surface area contributed by atoms with Gasteiger partial charge in [0.2, 0.25) is 0 Å². The van der Waals surface area contributed by atoms with E-state index in [1.807, 2.05) is 19.1 Å². The third kappa shape index (κ3) is 4.67. The fourth-order valence-corrected chi connectivity index (χ4v) is 1.70. The van der Waals surface area contributed by atoms with Crippen molar-refractivity contribution in [1.82, 2.24) is 9.97 Å². The summed E-state index contributed by atoms with van der Waals surface area (Å²) in [6.07, 6.45) is 5.42. The Balaban J connectivity index is 1.85. The first-order chi connectivity index (χ1) is 9.24. The predicted molar refractivity (Wildman–Crippen MR) is 74.8 cm³/mol. The van der Waals surface area contributed by atoms with Crippen molar-refractivity contribution >= 4 is 0 Å². The minimum Gasteiger partial charge on any atom is -0.486 e. The third-order valence-corrected chi connectivity index (χ3v) is 2.80. The van der Waals surface area contributed by atoms with Gasteiger partial charge in [0.15, 0.2) is 5.82 Å². The Kier molecular flexibility index (Phi) is 4.86. The highest BCUT2D eigenvalue weighted by molar-refractivity contribution is 5.27. The summed E-state index contributed by atoms with van der Waals surface area (Å²) in [5, 5.41) is 0. The Morgan fingerprint density at radius 3 is 2.47 bits per heavy atom. The first kappa shape index (κ1) is 13.5. The number of aryl methyl sites for hydroxylation is 1. The van der Waals surface area contributed by atoms with E-state index in [-0.39, 0.29) is 6.04 Å². The van der Waals surface area contributed by atoms with Gasteiger partial charge in [-0.3, -0.25) is 0 Å². The second-order valence-corrected chi connectivity index (χ2v) is 4.61. The Bertz CT molecular complexity index is 483. The maximum absolute atomic E-state index is 5.74. The molecule has 0 aliphatic rings. The van der Waals surface area contributed by atoms with Gasteiger partial charge in [-0.25, -0.2) is 9.97 Å². The standard InChI is InChI=1S/C15H19N3O/c1-12(16)3-4-13-5-7-14(8-6-13)19-11-15-17-9-2-10-18-15/h2,5-10,12H,3-4,11,16H2,1H3. The van der Waals surface area contributed by atoms with Crippen LogP contribution in [0.5, 0.6) is 5.75 Å². The molecule has 1 atom stereocenters. The summed E-state index contributed by atoms with van der Waals surface area (Å²) < 4.78 is 5.62. The molecule has 100 valence electrons. The largest absolute Gasteiger partial charge is 0.486 e. The van der Waals surface area contributed by atoms with E-state index in [1.54, 1.807) is 18.5 Å². The first-order valence-electron chi connectivity index (χ1n) is 6.47. The zero-order valence-corrected chi connectivity index (χ0v) is 11.1. The summed E-state index contributed by atoms with van der Waals surface area (Å²) in [7, 11) is 0. The van der Waals surface area contributed by atoms with Crippen LogP contribution in [-0.4, -0.2) is 16.0 Å². The fourth-order valence-electron chi connectivity index (χ4n) is 1.70. The van der Waals surface area contributed by atoms with Gasteiger partial charge in [0.25, 0.3) is 0 Å². The van der Waals surface area contributed by atoms with Crippen LogP contribution in [0.4, 0.5) is 0 Å². The van der Waals surface area contributed by atoms with Gasteiger partial charge in [-0.1, -0.05) is 12.1 Å². The van der Waals surface area contributed by atoms with E-state index >= 15 is 0 Å². The SMILES string of the molecule is CC(N)CCc1ccc(OCc2ncccn2)cc1. The van der Waals surface area contributed by atoms with Gasteiger partial charge in [0, 0.05) is 18.4 Å². The third-order valence-electron chi connectivity index (χ3n) is 2.80. The lowest BCUT2D eigenvalue weighted by atomic mass is 10.1. The summed E-state index contributed by atoms with van der Waals surface area (Å²) in [5.41, 5.74) is 7.02. The number of aromatic nitrogens is 2. The van der Waals surface area contributed by atoms with Gasteiger partial charge < -0.3 is 10.5 Å². The van der Waals surface area contributed by atoms with Gasteiger partial charge in [-0.2, -0.15) is 0 Å². The molecule has 1 aromatic carbocycles. The van der Waals surface area contributed by atoms with Crippen LogP contribution in [0.2, 0.25) is 0 Å². The Morgan fingerprint density at radius 1 is 1.16 bits per heavy atom. The number of ether oxygens (including phenoxy) is 1. The van der Waals surface area contributed by atoms with Crippen molar-refractivity contribution in [2.45, 2.75) is 32.4 Å². The molecule has 0 saturated heterocycles. The molecule has 0 saturated carbocycles. The number of benzene rings is 1. The molecule has 2 rings (SSSR count). The zero-order chi connectivity index (χ0) is 13.5. The molecule has 2 aromatic rings. The monoisotopic (exact) mass is 257 g/mol. The average Bonchev–Trinajstić information content (AvgIpc) is 2.45. The van der Waals surface area contributed by atoms with Crippen molar-refractivity contribution in [3.05, 3.63) is 54.1 Å². The summed E-state index contributed by atoms with van der Waals surface area (Å²) in [4.78, 5) is 8.22. The van der Waals surface area contributed by atoms with Crippen LogP contribution in [-0.2, 0) is 13.0 Å². The molecule has 0 fully saturated rings. The predicted octanol–water partition coefficient (Wildman–Crippen LogP) is 2.34. The van der Waals surface area contributed by atoms with Crippen molar-refractivity contribution in [3.63, 3.8) is 0 Å². The van der Waals surface area contributed by atoms with E-state index in [0.29, 0.717) is 12.4 Å². The molecule has 0 amide bonds. The van der Waals surface area contributed by atoms with Gasteiger partial charge in [-0.15, -0.1) is 0 Å². The molecular formula is C15H19N3O. The molecule has 0 bridgehead atoms. The van der Waals surface area contributed by atoms with Crippen LogP contribution in [0, 0.1) is 0 Å². The van der Waals surface area contributed by atoms with E-state index in [9.17, 15) is 0 Å². The highest BCUT2D eigenvalue weighted by atomic mass is 16.5. The highest BCUT2D eigenvalue weighted by Crippen LogP contribution is 2.14. The maximum Gasteiger partial charge on any atom is 0.166 e. The van der Waals surface area contributed by atoms with Crippen LogP contribution >= 0.6 is 0 Å². The van der Waals surface area contributed by atoms with Gasteiger partial charge in [0.05, 0.1) is 0 Å². The molecule has 4 heteroatoms. The Morgan fingerprint density at radius 2 is 1.84 bits per heavy atom. The van der Waals surface area contributed by atoms with Crippen molar-refractivity contribution in [2.24, 2.45) is 5.73 Å². The van der Waals surface area contributed by atoms with E-state index in [4.69, 9.17) is 10.5 Å². The molecule has 1 unspecified atom stereocenters. The summed E-state index contributed by atoms with van der Waals surface area (Å²) in [6.45, 7) is 2.41. The smallest absolute Gasteiger partial charge is 0.166 e. The fraction of sp³-hybridized carbons (Fsp3) is 0.333. The maximum atomic E-state index is 5.74. The normalized spacial score (nSPS) is 12.1. The molecule has 4 nitrogen and oxygen atoms in total. The molecule has 0 aliphatic carbocycles. The number of nitrogens with zero attached hydrogens (tertiary/aromatic N) is 2. The van der Waals surface area contributed by atoms with E-state index in [2.05, 4.69) is 22.1 Å². The summed E-state index contributed by atoms with van der Waals surface area (Å²) in [5.74, 6) is 1.51. The molecule has 2 N–H and O–H groups in total. The van der Waals surface area contributed by atoms with Crippen molar-refractivity contribution in [2.75, 3.05) is 0 Å². The van der Waals surface area contributed by atoms with E-state index in [1.165, 1.54) is 5.56 Å². The molecule has 1 aromatic heterocycles. The Hall–Kier alpha value is -1.94. The second-order valence-electron chi connectivity index (χ2n) is 4.61. The van der Waals surface area contributed by atoms with Crippen LogP contribution in [0.15, 0.2) is 42.7 Å². The van der Waals surface area contributed by atoms with Gasteiger partial charge in [0.1, 0.15) is 12.4 Å². The number of hydrogen-bond donors (Lipinski definition) is 1. The van der Waals surface area contributed by atoms with E-state index in [0.717, 1.165) is 18.6 Å². The van der Waals surface area contributed by atoms with Crippen molar-refractivity contribution in [3.8, 4) is 5.75 Å². The molecule has 0 radical (unpaired) electrons. The molecule has 0 aliphatic heterocycles. The minimum atomic E-state index is 0.242. The Labute approximate surface area is 113 Å². The zero-order valence-electron chi connectivity index (χ0n) is 11.1. The molecule has 19 heavy (non-hydrogen) atoms. The second kappa shape index (κ2) is 6.85. The lowest BCUT2D eigenvalue weighted by Gasteiger charge is -2.07. The molecule has 0 spiro atoms. The van der Waals surface area contributed by atoms with Crippen LogP contribution in [0.3, 0.4) is 0 Å². The quantitative estimate of drug-likeness (QED) is 0.862. The molecular weight excluding hydrogens is 238 g/mol.